The van der Waals surface area contributed by atoms with Gasteiger partial charge < -0.3 is 5.73 Å². The van der Waals surface area contributed by atoms with E-state index in [1.807, 2.05) is 0 Å². The molecule has 4 nitrogen and oxygen atoms in total. The molecule has 2 N–H and O–H groups in total. The second-order valence-corrected chi connectivity index (χ2v) is 5.43. The third-order valence-corrected chi connectivity index (χ3v) is 3.82. The van der Waals surface area contributed by atoms with Gasteiger partial charge in [-0.2, -0.15) is 0 Å². The summed E-state index contributed by atoms with van der Waals surface area (Å²) in [6.45, 7) is 0. The zero-order valence-corrected chi connectivity index (χ0v) is 10.9. The quantitative estimate of drug-likeness (QED) is 0.666. The van der Waals surface area contributed by atoms with E-state index in [4.69, 9.17) is 17.3 Å². The lowest BCUT2D eigenvalue weighted by Gasteiger charge is -2.16. The van der Waals surface area contributed by atoms with Crippen LogP contribution in [0.25, 0.3) is 0 Å². The molecule has 0 spiro atoms. The van der Waals surface area contributed by atoms with Crippen LogP contribution in [-0.2, 0) is 0 Å². The summed E-state index contributed by atoms with van der Waals surface area (Å²) in [4.78, 5) is 10.3. The van der Waals surface area contributed by atoms with Gasteiger partial charge in [-0.05, 0) is 24.0 Å². The van der Waals surface area contributed by atoms with E-state index in [1.165, 1.54) is 37.8 Å². The van der Waals surface area contributed by atoms with Crippen LogP contribution in [0.1, 0.15) is 43.7 Å². The number of nitro groups is 1. The summed E-state index contributed by atoms with van der Waals surface area (Å²) in [5.74, 6) is 0.651. The Morgan fingerprint density at radius 1 is 1.39 bits per heavy atom. The van der Waals surface area contributed by atoms with Crippen LogP contribution in [0, 0.1) is 16.0 Å². The average Bonchev–Trinajstić information content (AvgIpc) is 2.80. The molecule has 0 bridgehead atoms. The van der Waals surface area contributed by atoms with Gasteiger partial charge in [0.05, 0.1) is 4.92 Å². The molecule has 98 valence electrons. The molecule has 1 saturated carbocycles. The molecule has 1 fully saturated rings. The SMILES string of the molecule is NC(CC1CCCC1)c1cc(Cl)cc([N+](=O)[O-])c1. The summed E-state index contributed by atoms with van der Waals surface area (Å²) in [6, 6.07) is 4.46. The second kappa shape index (κ2) is 5.67. The van der Waals surface area contributed by atoms with E-state index in [0.29, 0.717) is 10.9 Å². The molecule has 1 aliphatic rings. The molecule has 1 aliphatic carbocycles. The van der Waals surface area contributed by atoms with Crippen LogP contribution >= 0.6 is 11.6 Å². The molecule has 0 aliphatic heterocycles. The van der Waals surface area contributed by atoms with Crippen molar-refractivity contribution < 1.29 is 4.92 Å². The van der Waals surface area contributed by atoms with Crippen LogP contribution in [0.5, 0.6) is 0 Å². The van der Waals surface area contributed by atoms with Crippen LogP contribution in [0.15, 0.2) is 18.2 Å². The van der Waals surface area contributed by atoms with Crippen molar-refractivity contribution in [2.24, 2.45) is 11.7 Å². The molecule has 1 aromatic rings. The molecule has 0 amide bonds. The van der Waals surface area contributed by atoms with Crippen molar-refractivity contribution in [3.63, 3.8) is 0 Å². The molecule has 1 atom stereocenters. The number of nitrogens with two attached hydrogens (primary N) is 1. The lowest BCUT2D eigenvalue weighted by molar-refractivity contribution is -0.384. The molecule has 1 aromatic carbocycles. The number of hydrogen-bond acceptors (Lipinski definition) is 3. The number of halogens is 1. The van der Waals surface area contributed by atoms with Crippen LogP contribution in [-0.4, -0.2) is 4.92 Å². The normalized spacial score (nSPS) is 17.9. The fourth-order valence-corrected chi connectivity index (χ4v) is 2.89. The first-order chi connectivity index (χ1) is 8.56. The molecule has 1 unspecified atom stereocenters. The highest BCUT2D eigenvalue weighted by atomic mass is 35.5. The number of nitro benzene ring substituents is 1. The lowest BCUT2D eigenvalue weighted by Crippen LogP contribution is -2.14. The van der Waals surface area contributed by atoms with Crippen LogP contribution in [0.3, 0.4) is 0 Å². The first kappa shape index (κ1) is 13.3. The van der Waals surface area contributed by atoms with Gasteiger partial charge in [-0.1, -0.05) is 37.3 Å². The Kier molecular flexibility index (Phi) is 4.19. The van der Waals surface area contributed by atoms with Gasteiger partial charge >= 0.3 is 0 Å². The minimum absolute atomic E-state index is 0.0133. The standard InChI is InChI=1S/C13H17ClN2O2/c14-11-6-10(7-12(8-11)16(17)18)13(15)5-9-3-1-2-4-9/h6-9,13H,1-5,15H2. The van der Waals surface area contributed by atoms with Gasteiger partial charge in [0.15, 0.2) is 0 Å². The smallest absolute Gasteiger partial charge is 0.271 e. The largest absolute Gasteiger partial charge is 0.324 e. The number of rotatable bonds is 4. The number of hydrogen-bond donors (Lipinski definition) is 1. The minimum Gasteiger partial charge on any atom is -0.324 e. The Hall–Kier alpha value is -1.13. The van der Waals surface area contributed by atoms with Crippen molar-refractivity contribution in [2.45, 2.75) is 38.1 Å². The molecule has 18 heavy (non-hydrogen) atoms. The maximum Gasteiger partial charge on any atom is 0.271 e. The lowest BCUT2D eigenvalue weighted by atomic mass is 9.94. The maximum atomic E-state index is 10.8. The third kappa shape index (κ3) is 3.21. The topological polar surface area (TPSA) is 69.2 Å². The fourth-order valence-electron chi connectivity index (χ4n) is 2.66. The van der Waals surface area contributed by atoms with E-state index in [-0.39, 0.29) is 11.7 Å². The molecule has 2 rings (SSSR count). The van der Waals surface area contributed by atoms with E-state index >= 15 is 0 Å². The van der Waals surface area contributed by atoms with Gasteiger partial charge in [0.25, 0.3) is 5.69 Å². The third-order valence-electron chi connectivity index (χ3n) is 3.61. The Morgan fingerprint density at radius 3 is 2.67 bits per heavy atom. The van der Waals surface area contributed by atoms with E-state index in [0.717, 1.165) is 12.0 Å². The van der Waals surface area contributed by atoms with E-state index in [1.54, 1.807) is 6.07 Å². The molecule has 0 aromatic heterocycles. The Labute approximate surface area is 111 Å². The van der Waals surface area contributed by atoms with Crippen molar-refractivity contribution in [3.8, 4) is 0 Å². The second-order valence-electron chi connectivity index (χ2n) is 4.99. The fraction of sp³-hybridized carbons (Fsp3) is 0.538. The molecule has 0 saturated heterocycles. The Balaban J connectivity index is 2.13. The molecular formula is C13H17ClN2O2. The average molecular weight is 269 g/mol. The summed E-state index contributed by atoms with van der Waals surface area (Å²) in [6.07, 6.45) is 5.87. The van der Waals surface area contributed by atoms with E-state index in [2.05, 4.69) is 0 Å². The number of non-ortho nitro benzene ring substituents is 1. The monoisotopic (exact) mass is 268 g/mol. The van der Waals surface area contributed by atoms with Gasteiger partial charge in [0.2, 0.25) is 0 Å². The van der Waals surface area contributed by atoms with Gasteiger partial charge in [-0.3, -0.25) is 10.1 Å². The van der Waals surface area contributed by atoms with Gasteiger partial charge in [-0.25, -0.2) is 0 Å². The molecule has 0 heterocycles. The molecule has 5 heteroatoms. The highest BCUT2D eigenvalue weighted by molar-refractivity contribution is 6.30. The summed E-state index contributed by atoms with van der Waals surface area (Å²) in [5, 5.41) is 11.2. The molecule has 0 radical (unpaired) electrons. The summed E-state index contributed by atoms with van der Waals surface area (Å²) < 4.78 is 0. The van der Waals surface area contributed by atoms with Crippen LogP contribution in [0.2, 0.25) is 5.02 Å². The van der Waals surface area contributed by atoms with E-state index < -0.39 is 4.92 Å². The minimum atomic E-state index is -0.433. The Morgan fingerprint density at radius 2 is 2.06 bits per heavy atom. The van der Waals surface area contributed by atoms with Crippen molar-refractivity contribution in [1.82, 2.24) is 0 Å². The van der Waals surface area contributed by atoms with Crippen molar-refractivity contribution >= 4 is 17.3 Å². The highest BCUT2D eigenvalue weighted by Gasteiger charge is 2.20. The summed E-state index contributed by atoms with van der Waals surface area (Å²) in [7, 11) is 0. The first-order valence-electron chi connectivity index (χ1n) is 6.26. The zero-order chi connectivity index (χ0) is 13.1. The first-order valence-corrected chi connectivity index (χ1v) is 6.64. The predicted molar refractivity (Wildman–Crippen MR) is 71.6 cm³/mol. The molecular weight excluding hydrogens is 252 g/mol. The number of nitrogens with zero attached hydrogens (tertiary/aromatic N) is 1. The van der Waals surface area contributed by atoms with Gasteiger partial charge in [0.1, 0.15) is 0 Å². The van der Waals surface area contributed by atoms with Crippen molar-refractivity contribution in [3.05, 3.63) is 38.9 Å². The zero-order valence-electron chi connectivity index (χ0n) is 10.1. The van der Waals surface area contributed by atoms with E-state index in [9.17, 15) is 10.1 Å². The van der Waals surface area contributed by atoms with Crippen molar-refractivity contribution in [1.29, 1.82) is 0 Å². The summed E-state index contributed by atoms with van der Waals surface area (Å²) >= 11 is 5.89. The van der Waals surface area contributed by atoms with Gasteiger partial charge in [-0.15, -0.1) is 0 Å². The van der Waals surface area contributed by atoms with Crippen LogP contribution in [0.4, 0.5) is 5.69 Å². The van der Waals surface area contributed by atoms with Crippen molar-refractivity contribution in [2.75, 3.05) is 0 Å². The van der Waals surface area contributed by atoms with Gasteiger partial charge in [0, 0.05) is 23.2 Å². The van der Waals surface area contributed by atoms with Crippen LogP contribution < -0.4 is 5.73 Å². The highest BCUT2D eigenvalue weighted by Crippen LogP contribution is 2.33. The predicted octanol–water partition coefficient (Wildman–Crippen LogP) is 3.83. The Bertz CT molecular complexity index is 445. The summed E-state index contributed by atoms with van der Waals surface area (Å²) in [5.41, 5.74) is 6.91. The maximum absolute atomic E-state index is 10.8. The number of benzene rings is 1.